The zero-order valence-corrected chi connectivity index (χ0v) is 18.6. The highest BCUT2D eigenvalue weighted by atomic mass is 127. The average Bonchev–Trinajstić information content (AvgIpc) is 3.07. The molecule has 2 saturated carbocycles. The summed E-state index contributed by atoms with van der Waals surface area (Å²) < 4.78 is 17.0. The third-order valence-corrected chi connectivity index (χ3v) is 6.11. The molecule has 0 aromatic rings. The molecular weight excluding hydrogens is 445 g/mol. The van der Waals surface area contributed by atoms with Crippen LogP contribution in [0.3, 0.4) is 0 Å². The molecule has 0 radical (unpaired) electrons. The number of nitrogens with one attached hydrogen (secondary N) is 2. The van der Waals surface area contributed by atoms with Crippen LogP contribution < -0.4 is 10.6 Å². The predicted molar refractivity (Wildman–Crippen MR) is 114 cm³/mol. The standard InChI is InChI=1S/C19H35N3O3.HI/c1-3-25-17-12-16(19(17)7-4-8-19)22-18(20-2)21-9-5-10-23-13-15-6-11-24-14-15;/h15-17H,3-14H2,1-2H3,(H2,20,21,22);1H. The molecule has 3 fully saturated rings. The van der Waals surface area contributed by atoms with Crippen molar-refractivity contribution in [2.75, 3.05) is 46.6 Å². The summed E-state index contributed by atoms with van der Waals surface area (Å²) in [6.45, 7) is 7.17. The Hall–Kier alpha value is -0.120. The van der Waals surface area contributed by atoms with E-state index < -0.39 is 0 Å². The number of guanidine groups is 1. The third kappa shape index (κ3) is 5.23. The van der Waals surface area contributed by atoms with E-state index in [2.05, 4.69) is 22.5 Å². The van der Waals surface area contributed by atoms with Crippen LogP contribution in [0.2, 0.25) is 0 Å². The molecule has 3 unspecified atom stereocenters. The maximum Gasteiger partial charge on any atom is 0.191 e. The van der Waals surface area contributed by atoms with Crippen LogP contribution in [0, 0.1) is 11.3 Å². The van der Waals surface area contributed by atoms with Crippen LogP contribution >= 0.6 is 24.0 Å². The lowest BCUT2D eigenvalue weighted by Crippen LogP contribution is -2.68. The first-order valence-corrected chi connectivity index (χ1v) is 10.0. The number of halogens is 1. The molecule has 1 aliphatic heterocycles. The van der Waals surface area contributed by atoms with Gasteiger partial charge in [-0.25, -0.2) is 0 Å². The van der Waals surface area contributed by atoms with Crippen molar-refractivity contribution in [3.05, 3.63) is 0 Å². The molecule has 6 nitrogen and oxygen atoms in total. The minimum atomic E-state index is 0. The smallest absolute Gasteiger partial charge is 0.191 e. The van der Waals surface area contributed by atoms with Crippen molar-refractivity contribution in [3.8, 4) is 0 Å². The molecule has 3 rings (SSSR count). The molecule has 7 heteroatoms. The van der Waals surface area contributed by atoms with Gasteiger partial charge in [0.15, 0.2) is 5.96 Å². The number of hydrogen-bond acceptors (Lipinski definition) is 4. The molecular formula is C19H36IN3O3. The highest BCUT2D eigenvalue weighted by Gasteiger charge is 2.59. The van der Waals surface area contributed by atoms with E-state index in [1.54, 1.807) is 0 Å². The molecule has 2 N–H and O–H groups in total. The molecule has 1 heterocycles. The Balaban J connectivity index is 0.00000243. The first kappa shape index (κ1) is 22.2. The summed E-state index contributed by atoms with van der Waals surface area (Å²) in [5, 5.41) is 7.04. The van der Waals surface area contributed by atoms with Gasteiger partial charge in [0.25, 0.3) is 0 Å². The van der Waals surface area contributed by atoms with E-state index in [0.29, 0.717) is 23.5 Å². The van der Waals surface area contributed by atoms with Gasteiger partial charge >= 0.3 is 0 Å². The molecule has 0 amide bonds. The summed E-state index contributed by atoms with van der Waals surface area (Å²) in [5.74, 6) is 1.51. The topological polar surface area (TPSA) is 64.1 Å². The fourth-order valence-corrected chi connectivity index (χ4v) is 4.35. The van der Waals surface area contributed by atoms with Gasteiger partial charge < -0.3 is 24.8 Å². The minimum absolute atomic E-state index is 0. The molecule has 0 aromatic carbocycles. The first-order valence-electron chi connectivity index (χ1n) is 10.0. The van der Waals surface area contributed by atoms with Gasteiger partial charge in [-0.05, 0) is 39.0 Å². The van der Waals surface area contributed by atoms with E-state index in [-0.39, 0.29) is 24.0 Å². The van der Waals surface area contributed by atoms with E-state index in [0.717, 1.165) is 64.8 Å². The SMILES string of the molecule is CCOC1CC(NC(=NC)NCCCOCC2CCOC2)C12CCC2.I. The van der Waals surface area contributed by atoms with E-state index in [1.807, 2.05) is 7.05 Å². The summed E-state index contributed by atoms with van der Waals surface area (Å²) in [5.41, 5.74) is 0.361. The lowest BCUT2D eigenvalue weighted by Gasteiger charge is -2.61. The van der Waals surface area contributed by atoms with Crippen molar-refractivity contribution < 1.29 is 14.2 Å². The van der Waals surface area contributed by atoms with Crippen LogP contribution in [-0.4, -0.2) is 64.7 Å². The fraction of sp³-hybridized carbons (Fsp3) is 0.947. The lowest BCUT2D eigenvalue weighted by atomic mass is 9.51. The van der Waals surface area contributed by atoms with Gasteiger partial charge in [-0.1, -0.05) is 6.42 Å². The van der Waals surface area contributed by atoms with Crippen LogP contribution in [-0.2, 0) is 14.2 Å². The Labute approximate surface area is 175 Å². The second-order valence-electron chi connectivity index (χ2n) is 7.62. The summed E-state index contributed by atoms with van der Waals surface area (Å²) in [7, 11) is 1.85. The second-order valence-corrected chi connectivity index (χ2v) is 7.62. The van der Waals surface area contributed by atoms with Crippen molar-refractivity contribution in [1.29, 1.82) is 0 Å². The van der Waals surface area contributed by atoms with Crippen molar-refractivity contribution in [2.45, 2.75) is 57.6 Å². The van der Waals surface area contributed by atoms with Crippen LogP contribution in [0.4, 0.5) is 0 Å². The zero-order valence-electron chi connectivity index (χ0n) is 16.3. The Morgan fingerprint density at radius 2 is 2.19 bits per heavy atom. The molecule has 1 saturated heterocycles. The number of aliphatic imine (C=N–C) groups is 1. The molecule has 0 aromatic heterocycles. The normalized spacial score (nSPS) is 29.6. The number of ether oxygens (including phenoxy) is 3. The Morgan fingerprint density at radius 3 is 2.81 bits per heavy atom. The molecule has 1 spiro atoms. The van der Waals surface area contributed by atoms with E-state index in [9.17, 15) is 0 Å². The van der Waals surface area contributed by atoms with Gasteiger partial charge in [-0.2, -0.15) is 0 Å². The largest absolute Gasteiger partial charge is 0.381 e. The monoisotopic (exact) mass is 481 g/mol. The van der Waals surface area contributed by atoms with Crippen LogP contribution in [0.5, 0.6) is 0 Å². The third-order valence-electron chi connectivity index (χ3n) is 6.11. The molecule has 26 heavy (non-hydrogen) atoms. The second kappa shape index (κ2) is 11.0. The molecule has 3 aliphatic rings. The summed E-state index contributed by atoms with van der Waals surface area (Å²) >= 11 is 0. The van der Waals surface area contributed by atoms with E-state index in [1.165, 1.54) is 19.3 Å². The Morgan fingerprint density at radius 1 is 1.35 bits per heavy atom. The molecule has 3 atom stereocenters. The first-order chi connectivity index (χ1) is 12.3. The maximum atomic E-state index is 5.92. The number of hydrogen-bond donors (Lipinski definition) is 2. The Bertz CT molecular complexity index is 440. The van der Waals surface area contributed by atoms with Gasteiger partial charge in [-0.15, -0.1) is 24.0 Å². The quantitative estimate of drug-likeness (QED) is 0.230. The summed E-state index contributed by atoms with van der Waals surface area (Å²) in [6, 6.07) is 0.502. The highest BCUT2D eigenvalue weighted by molar-refractivity contribution is 14.0. The van der Waals surface area contributed by atoms with Gasteiger partial charge in [0.1, 0.15) is 0 Å². The minimum Gasteiger partial charge on any atom is -0.381 e. The van der Waals surface area contributed by atoms with Crippen molar-refractivity contribution >= 4 is 29.9 Å². The zero-order chi connectivity index (χ0) is 17.5. The predicted octanol–water partition coefficient (Wildman–Crippen LogP) is 2.56. The van der Waals surface area contributed by atoms with Gasteiger partial charge in [0, 0.05) is 50.8 Å². The lowest BCUT2D eigenvalue weighted by molar-refractivity contribution is -0.168. The number of nitrogens with zero attached hydrogens (tertiary/aromatic N) is 1. The van der Waals surface area contributed by atoms with Crippen LogP contribution in [0.15, 0.2) is 4.99 Å². The van der Waals surface area contributed by atoms with Crippen molar-refractivity contribution in [2.24, 2.45) is 16.3 Å². The van der Waals surface area contributed by atoms with Crippen molar-refractivity contribution in [1.82, 2.24) is 10.6 Å². The van der Waals surface area contributed by atoms with Gasteiger partial charge in [0.2, 0.25) is 0 Å². The van der Waals surface area contributed by atoms with Crippen LogP contribution in [0.1, 0.15) is 45.4 Å². The summed E-state index contributed by atoms with van der Waals surface area (Å²) in [6.07, 6.45) is 7.57. The average molecular weight is 481 g/mol. The highest BCUT2D eigenvalue weighted by Crippen LogP contribution is 2.57. The summed E-state index contributed by atoms with van der Waals surface area (Å²) in [4.78, 5) is 4.38. The van der Waals surface area contributed by atoms with Gasteiger partial charge in [-0.3, -0.25) is 4.99 Å². The number of rotatable bonds is 9. The van der Waals surface area contributed by atoms with Gasteiger partial charge in [0.05, 0.1) is 19.3 Å². The molecule has 152 valence electrons. The fourth-order valence-electron chi connectivity index (χ4n) is 4.35. The van der Waals surface area contributed by atoms with Crippen LogP contribution in [0.25, 0.3) is 0 Å². The Kier molecular flexibility index (Phi) is 9.40. The van der Waals surface area contributed by atoms with Crippen molar-refractivity contribution in [3.63, 3.8) is 0 Å². The maximum absolute atomic E-state index is 5.92. The van der Waals surface area contributed by atoms with E-state index >= 15 is 0 Å². The van der Waals surface area contributed by atoms with E-state index in [4.69, 9.17) is 14.2 Å². The molecule has 0 bridgehead atoms. The molecule has 2 aliphatic carbocycles.